The molecule has 2 aromatic rings. The molecular formula is C19H19BrClNO4S. The number of rotatable bonds is 5. The second-order valence-corrected chi connectivity index (χ2v) is 10.0. The SMILES string of the molecule is COc1ccc(C(=O)N(Cc2cccc(Br)c2)C2CCS(=O)(=O)C2)cc1Cl. The van der Waals surface area contributed by atoms with Gasteiger partial charge in [0.15, 0.2) is 9.84 Å². The summed E-state index contributed by atoms with van der Waals surface area (Å²) in [5.74, 6) is 0.316. The summed E-state index contributed by atoms with van der Waals surface area (Å²) in [5.41, 5.74) is 1.32. The van der Waals surface area contributed by atoms with E-state index in [0.29, 0.717) is 29.3 Å². The van der Waals surface area contributed by atoms with Crippen molar-refractivity contribution < 1.29 is 17.9 Å². The van der Waals surface area contributed by atoms with E-state index in [2.05, 4.69) is 15.9 Å². The Morgan fingerprint density at radius 2 is 2.07 bits per heavy atom. The Hall–Kier alpha value is -1.57. The van der Waals surface area contributed by atoms with Gasteiger partial charge >= 0.3 is 0 Å². The molecule has 1 saturated heterocycles. The molecule has 2 aromatic carbocycles. The van der Waals surface area contributed by atoms with Crippen LogP contribution in [0.1, 0.15) is 22.3 Å². The van der Waals surface area contributed by atoms with E-state index in [1.807, 2.05) is 24.3 Å². The lowest BCUT2D eigenvalue weighted by Crippen LogP contribution is -2.40. The van der Waals surface area contributed by atoms with Crippen molar-refractivity contribution >= 4 is 43.3 Å². The number of benzene rings is 2. The molecule has 1 amide bonds. The molecule has 1 aliphatic heterocycles. The normalized spacial score (nSPS) is 18.3. The van der Waals surface area contributed by atoms with Crippen molar-refractivity contribution in [1.82, 2.24) is 4.90 Å². The second kappa shape index (κ2) is 8.20. The number of methoxy groups -OCH3 is 1. The minimum absolute atomic E-state index is 0.0172. The van der Waals surface area contributed by atoms with E-state index >= 15 is 0 Å². The van der Waals surface area contributed by atoms with Crippen LogP contribution in [0.15, 0.2) is 46.9 Å². The number of halogens is 2. The number of carbonyl (C=O) groups excluding carboxylic acids is 1. The van der Waals surface area contributed by atoms with E-state index < -0.39 is 9.84 Å². The van der Waals surface area contributed by atoms with Crippen molar-refractivity contribution in [3.63, 3.8) is 0 Å². The maximum absolute atomic E-state index is 13.2. The van der Waals surface area contributed by atoms with E-state index in [4.69, 9.17) is 16.3 Å². The molecule has 0 spiro atoms. The molecule has 0 aliphatic carbocycles. The maximum Gasteiger partial charge on any atom is 0.254 e. The van der Waals surface area contributed by atoms with Crippen LogP contribution in [0.25, 0.3) is 0 Å². The largest absolute Gasteiger partial charge is 0.495 e. The van der Waals surface area contributed by atoms with Gasteiger partial charge < -0.3 is 9.64 Å². The van der Waals surface area contributed by atoms with Crippen LogP contribution < -0.4 is 4.74 Å². The zero-order chi connectivity index (χ0) is 19.6. The lowest BCUT2D eigenvalue weighted by Gasteiger charge is -2.29. The Labute approximate surface area is 172 Å². The molecule has 8 heteroatoms. The van der Waals surface area contributed by atoms with Crippen molar-refractivity contribution in [3.8, 4) is 5.75 Å². The zero-order valence-corrected chi connectivity index (χ0v) is 17.9. The monoisotopic (exact) mass is 471 g/mol. The number of ether oxygens (including phenoxy) is 1. The Morgan fingerprint density at radius 1 is 1.30 bits per heavy atom. The summed E-state index contributed by atoms with van der Waals surface area (Å²) in [7, 11) is -1.62. The molecule has 0 radical (unpaired) electrons. The van der Waals surface area contributed by atoms with Gasteiger partial charge in [0.05, 0.1) is 23.6 Å². The van der Waals surface area contributed by atoms with Crippen LogP contribution in [-0.4, -0.2) is 43.9 Å². The van der Waals surface area contributed by atoms with Gasteiger partial charge in [-0.15, -0.1) is 0 Å². The predicted molar refractivity (Wildman–Crippen MR) is 109 cm³/mol. The Morgan fingerprint density at radius 3 is 2.67 bits per heavy atom. The Kier molecular flexibility index (Phi) is 6.13. The van der Waals surface area contributed by atoms with Gasteiger partial charge in [0.25, 0.3) is 5.91 Å². The standard InChI is InChI=1S/C19H19BrClNO4S/c1-26-18-6-5-14(10-17(18)21)19(23)22(16-7-8-27(24,25)12-16)11-13-3-2-4-15(20)9-13/h2-6,9-10,16H,7-8,11-12H2,1H3. The van der Waals surface area contributed by atoms with Crippen LogP contribution in [0.2, 0.25) is 5.02 Å². The van der Waals surface area contributed by atoms with Gasteiger partial charge in [0.1, 0.15) is 5.75 Å². The Balaban J connectivity index is 1.93. The van der Waals surface area contributed by atoms with Crippen molar-refractivity contribution in [2.45, 2.75) is 19.0 Å². The van der Waals surface area contributed by atoms with E-state index in [1.165, 1.54) is 7.11 Å². The number of hydrogen-bond donors (Lipinski definition) is 0. The zero-order valence-electron chi connectivity index (χ0n) is 14.7. The van der Waals surface area contributed by atoms with Crippen LogP contribution >= 0.6 is 27.5 Å². The molecule has 5 nitrogen and oxygen atoms in total. The van der Waals surface area contributed by atoms with Crippen LogP contribution in [0.5, 0.6) is 5.75 Å². The topological polar surface area (TPSA) is 63.7 Å². The van der Waals surface area contributed by atoms with Crippen molar-refractivity contribution in [2.75, 3.05) is 18.6 Å². The van der Waals surface area contributed by atoms with Crippen molar-refractivity contribution in [1.29, 1.82) is 0 Å². The summed E-state index contributed by atoms with van der Waals surface area (Å²) in [5, 5.41) is 0.338. The molecule has 3 rings (SSSR count). The highest BCUT2D eigenvalue weighted by Crippen LogP contribution is 2.28. The first-order valence-corrected chi connectivity index (χ1v) is 11.4. The van der Waals surface area contributed by atoms with Crippen LogP contribution in [-0.2, 0) is 16.4 Å². The van der Waals surface area contributed by atoms with Crippen LogP contribution in [0.4, 0.5) is 0 Å². The minimum Gasteiger partial charge on any atom is -0.495 e. The lowest BCUT2D eigenvalue weighted by molar-refractivity contribution is 0.0681. The first-order chi connectivity index (χ1) is 12.8. The summed E-state index contributed by atoms with van der Waals surface area (Å²) in [6, 6.07) is 12.1. The average molecular weight is 473 g/mol. The number of amides is 1. The summed E-state index contributed by atoms with van der Waals surface area (Å²) in [4.78, 5) is 14.8. The fourth-order valence-electron chi connectivity index (χ4n) is 3.19. The first-order valence-electron chi connectivity index (χ1n) is 8.38. The third-order valence-corrected chi connectivity index (χ3v) is 7.09. The molecule has 144 valence electrons. The van der Waals surface area contributed by atoms with Gasteiger partial charge in [-0.3, -0.25) is 4.79 Å². The third-order valence-electron chi connectivity index (χ3n) is 4.55. The molecule has 0 bridgehead atoms. The van der Waals surface area contributed by atoms with E-state index in [1.54, 1.807) is 23.1 Å². The average Bonchev–Trinajstić information content (AvgIpc) is 2.98. The van der Waals surface area contributed by atoms with Gasteiger partial charge in [0, 0.05) is 22.6 Å². The fourth-order valence-corrected chi connectivity index (χ4v) is 5.62. The first kappa shape index (κ1) is 20.2. The minimum atomic E-state index is -3.12. The van der Waals surface area contributed by atoms with Crippen molar-refractivity contribution in [3.05, 3.63) is 63.1 Å². The molecule has 1 aliphatic rings. The van der Waals surface area contributed by atoms with Gasteiger partial charge in [0.2, 0.25) is 0 Å². The van der Waals surface area contributed by atoms with Crippen LogP contribution in [0.3, 0.4) is 0 Å². The number of sulfone groups is 1. The quantitative estimate of drug-likeness (QED) is 0.661. The molecule has 1 unspecified atom stereocenters. The van der Waals surface area contributed by atoms with E-state index in [0.717, 1.165) is 10.0 Å². The lowest BCUT2D eigenvalue weighted by atomic mass is 10.1. The maximum atomic E-state index is 13.2. The summed E-state index contributed by atoms with van der Waals surface area (Å²) < 4.78 is 30.0. The summed E-state index contributed by atoms with van der Waals surface area (Å²) in [6.45, 7) is 0.322. The third kappa shape index (κ3) is 4.83. The molecule has 1 heterocycles. The molecule has 0 saturated carbocycles. The molecular weight excluding hydrogens is 454 g/mol. The highest BCUT2D eigenvalue weighted by atomic mass is 79.9. The van der Waals surface area contributed by atoms with E-state index in [9.17, 15) is 13.2 Å². The summed E-state index contributed by atoms with van der Waals surface area (Å²) in [6.07, 6.45) is 0.436. The van der Waals surface area contributed by atoms with Crippen molar-refractivity contribution in [2.24, 2.45) is 0 Å². The second-order valence-electron chi connectivity index (χ2n) is 6.47. The summed E-state index contributed by atoms with van der Waals surface area (Å²) >= 11 is 9.60. The molecule has 1 fully saturated rings. The number of hydrogen-bond acceptors (Lipinski definition) is 4. The Bertz CT molecular complexity index is 964. The van der Waals surface area contributed by atoms with Gasteiger partial charge in [-0.2, -0.15) is 0 Å². The molecule has 0 aromatic heterocycles. The van der Waals surface area contributed by atoms with Gasteiger partial charge in [-0.1, -0.05) is 39.7 Å². The number of nitrogens with zero attached hydrogens (tertiary/aromatic N) is 1. The molecule has 27 heavy (non-hydrogen) atoms. The highest BCUT2D eigenvalue weighted by molar-refractivity contribution is 9.10. The van der Waals surface area contributed by atoms with Gasteiger partial charge in [-0.05, 0) is 42.3 Å². The fraction of sp³-hybridized carbons (Fsp3) is 0.316. The predicted octanol–water partition coefficient (Wildman–Crippen LogP) is 3.94. The molecule has 0 N–H and O–H groups in total. The van der Waals surface area contributed by atoms with Crippen LogP contribution in [0, 0.1) is 0 Å². The smallest absolute Gasteiger partial charge is 0.254 e. The van der Waals surface area contributed by atoms with E-state index in [-0.39, 0.29) is 23.5 Å². The molecule has 1 atom stereocenters. The van der Waals surface area contributed by atoms with Gasteiger partial charge in [-0.25, -0.2) is 8.42 Å². The highest BCUT2D eigenvalue weighted by Gasteiger charge is 2.35. The number of carbonyl (C=O) groups is 1.